The highest BCUT2D eigenvalue weighted by Crippen LogP contribution is 2.19. The third kappa shape index (κ3) is 7.70. The van der Waals surface area contributed by atoms with E-state index in [1.165, 1.54) is 42.4 Å². The van der Waals surface area contributed by atoms with Crippen molar-refractivity contribution in [1.82, 2.24) is 0 Å². The quantitative estimate of drug-likeness (QED) is 0.512. The number of aryl methyl sites for hydroxylation is 1. The van der Waals surface area contributed by atoms with E-state index in [1.54, 1.807) is 0 Å². The summed E-state index contributed by atoms with van der Waals surface area (Å²) in [4.78, 5) is 0. The first-order chi connectivity index (χ1) is 10.4. The van der Waals surface area contributed by atoms with E-state index in [0.717, 1.165) is 0 Å². The molecule has 0 aromatic heterocycles. The van der Waals surface area contributed by atoms with Crippen LogP contribution in [0.3, 0.4) is 0 Å². The summed E-state index contributed by atoms with van der Waals surface area (Å²) in [5.41, 5.74) is 4.07. The van der Waals surface area contributed by atoms with Gasteiger partial charge < -0.3 is 0 Å². The average molecular weight is 284 g/mol. The van der Waals surface area contributed by atoms with E-state index in [-0.39, 0.29) is 0 Å². The number of benzene rings is 2. The molecular formula is C21H32. The largest absolute Gasteiger partial charge is 0.0683 e. The standard InChI is InChI=1S/C17H20.2C2H6/c1-2-3-5-8-15-11-13-17(14-12-15)16-9-6-4-7-10-16;2*1-2/h4,6-7,9-14H,2-3,5,8H2,1H3;2*1-2H3. The van der Waals surface area contributed by atoms with E-state index in [2.05, 4.69) is 61.5 Å². The van der Waals surface area contributed by atoms with Crippen molar-refractivity contribution in [3.05, 3.63) is 60.2 Å². The molecule has 0 bridgehead atoms. The zero-order chi connectivity index (χ0) is 15.9. The fourth-order valence-corrected chi connectivity index (χ4v) is 2.07. The maximum Gasteiger partial charge on any atom is -0.0184 e. The zero-order valence-electron chi connectivity index (χ0n) is 14.5. The summed E-state index contributed by atoms with van der Waals surface area (Å²) < 4.78 is 0. The van der Waals surface area contributed by atoms with Gasteiger partial charge in [-0.15, -0.1) is 0 Å². The Hall–Kier alpha value is -1.56. The molecule has 0 atom stereocenters. The smallest absolute Gasteiger partial charge is 0.0184 e. The van der Waals surface area contributed by atoms with Crippen molar-refractivity contribution in [2.24, 2.45) is 0 Å². The van der Waals surface area contributed by atoms with Gasteiger partial charge in [-0.1, -0.05) is 102 Å². The van der Waals surface area contributed by atoms with Crippen LogP contribution in [0.1, 0.15) is 59.4 Å². The molecule has 0 fully saturated rings. The van der Waals surface area contributed by atoms with Crippen molar-refractivity contribution in [1.29, 1.82) is 0 Å². The molecule has 0 radical (unpaired) electrons. The molecule has 0 unspecified atom stereocenters. The van der Waals surface area contributed by atoms with Gasteiger partial charge in [-0.3, -0.25) is 0 Å². The van der Waals surface area contributed by atoms with E-state index >= 15 is 0 Å². The van der Waals surface area contributed by atoms with Gasteiger partial charge in [-0.25, -0.2) is 0 Å². The normalized spacial score (nSPS) is 9.00. The van der Waals surface area contributed by atoms with Crippen molar-refractivity contribution in [2.45, 2.75) is 60.3 Å². The van der Waals surface area contributed by atoms with Gasteiger partial charge in [-0.05, 0) is 29.5 Å². The highest BCUT2D eigenvalue weighted by atomic mass is 14.0. The Balaban J connectivity index is 0.000000921. The van der Waals surface area contributed by atoms with Gasteiger partial charge in [0.1, 0.15) is 0 Å². The molecule has 21 heavy (non-hydrogen) atoms. The van der Waals surface area contributed by atoms with Crippen LogP contribution in [-0.4, -0.2) is 0 Å². The van der Waals surface area contributed by atoms with Gasteiger partial charge in [0.25, 0.3) is 0 Å². The molecule has 0 amide bonds. The summed E-state index contributed by atoms with van der Waals surface area (Å²) in [5, 5.41) is 0. The lowest BCUT2D eigenvalue weighted by atomic mass is 10.0. The van der Waals surface area contributed by atoms with E-state index < -0.39 is 0 Å². The summed E-state index contributed by atoms with van der Waals surface area (Å²) in [6.45, 7) is 10.2. The average Bonchev–Trinajstić information content (AvgIpc) is 2.60. The molecule has 2 aromatic carbocycles. The van der Waals surface area contributed by atoms with Crippen LogP contribution in [0.4, 0.5) is 0 Å². The first-order valence-electron chi connectivity index (χ1n) is 8.54. The van der Waals surface area contributed by atoms with Gasteiger partial charge in [0, 0.05) is 0 Å². The van der Waals surface area contributed by atoms with Crippen molar-refractivity contribution in [3.63, 3.8) is 0 Å². The van der Waals surface area contributed by atoms with Crippen molar-refractivity contribution >= 4 is 0 Å². The van der Waals surface area contributed by atoms with Crippen LogP contribution in [0.15, 0.2) is 54.6 Å². The minimum atomic E-state index is 1.21. The molecule has 0 spiro atoms. The van der Waals surface area contributed by atoms with Gasteiger partial charge in [0.2, 0.25) is 0 Å². The minimum Gasteiger partial charge on any atom is -0.0683 e. The second-order valence-corrected chi connectivity index (χ2v) is 4.52. The lowest BCUT2D eigenvalue weighted by molar-refractivity contribution is 0.717. The molecule has 0 heteroatoms. The van der Waals surface area contributed by atoms with Crippen molar-refractivity contribution < 1.29 is 0 Å². The summed E-state index contributed by atoms with van der Waals surface area (Å²) in [5.74, 6) is 0. The van der Waals surface area contributed by atoms with E-state index in [4.69, 9.17) is 0 Å². The number of rotatable bonds is 5. The molecule has 0 N–H and O–H groups in total. The summed E-state index contributed by atoms with van der Waals surface area (Å²) in [6, 6.07) is 19.5. The highest BCUT2D eigenvalue weighted by molar-refractivity contribution is 5.63. The maximum atomic E-state index is 2.26. The Morgan fingerprint density at radius 3 is 1.67 bits per heavy atom. The molecule has 0 nitrogen and oxygen atoms in total. The van der Waals surface area contributed by atoms with Gasteiger partial charge in [0.05, 0.1) is 0 Å². The second-order valence-electron chi connectivity index (χ2n) is 4.52. The van der Waals surface area contributed by atoms with Crippen LogP contribution in [-0.2, 0) is 6.42 Å². The molecule has 0 aliphatic rings. The Bertz CT molecular complexity index is 425. The van der Waals surface area contributed by atoms with Gasteiger partial charge in [0.15, 0.2) is 0 Å². The molecule has 2 rings (SSSR count). The third-order valence-electron chi connectivity index (χ3n) is 3.13. The minimum absolute atomic E-state index is 1.21. The molecule has 116 valence electrons. The first-order valence-corrected chi connectivity index (χ1v) is 8.54. The van der Waals surface area contributed by atoms with E-state index in [9.17, 15) is 0 Å². The Morgan fingerprint density at radius 2 is 1.14 bits per heavy atom. The molecule has 0 aliphatic heterocycles. The maximum absolute atomic E-state index is 2.26. The van der Waals surface area contributed by atoms with E-state index in [1.807, 2.05) is 27.7 Å². The zero-order valence-corrected chi connectivity index (χ0v) is 14.5. The summed E-state index contributed by atoms with van der Waals surface area (Å²) in [6.07, 6.45) is 5.15. The third-order valence-corrected chi connectivity index (χ3v) is 3.13. The second kappa shape index (κ2) is 13.4. The Morgan fingerprint density at radius 1 is 0.619 bits per heavy atom. The van der Waals surface area contributed by atoms with Gasteiger partial charge in [-0.2, -0.15) is 0 Å². The fourth-order valence-electron chi connectivity index (χ4n) is 2.07. The van der Waals surface area contributed by atoms with Crippen LogP contribution in [0.2, 0.25) is 0 Å². The van der Waals surface area contributed by atoms with Crippen LogP contribution >= 0.6 is 0 Å². The van der Waals surface area contributed by atoms with Crippen molar-refractivity contribution in [3.8, 4) is 11.1 Å². The SMILES string of the molecule is CC.CC.CCCCCc1ccc(-c2ccccc2)cc1. The predicted molar refractivity (Wildman–Crippen MR) is 97.8 cm³/mol. The van der Waals surface area contributed by atoms with Crippen LogP contribution in [0.5, 0.6) is 0 Å². The first kappa shape index (κ1) is 19.4. The van der Waals surface area contributed by atoms with Crippen LogP contribution in [0, 0.1) is 0 Å². The number of hydrogen-bond donors (Lipinski definition) is 0. The molecule has 0 heterocycles. The number of hydrogen-bond acceptors (Lipinski definition) is 0. The Kier molecular flexibility index (Phi) is 12.4. The number of unbranched alkanes of at least 4 members (excludes halogenated alkanes) is 2. The topological polar surface area (TPSA) is 0 Å². The molecule has 0 saturated heterocycles. The lowest BCUT2D eigenvalue weighted by Gasteiger charge is -2.04. The monoisotopic (exact) mass is 284 g/mol. The van der Waals surface area contributed by atoms with Crippen LogP contribution < -0.4 is 0 Å². The highest BCUT2D eigenvalue weighted by Gasteiger charge is 1.97. The molecule has 0 saturated carbocycles. The Labute approximate surface area is 132 Å². The molecule has 0 aliphatic carbocycles. The lowest BCUT2D eigenvalue weighted by Crippen LogP contribution is -1.85. The van der Waals surface area contributed by atoms with Crippen LogP contribution in [0.25, 0.3) is 11.1 Å². The summed E-state index contributed by atoms with van der Waals surface area (Å²) >= 11 is 0. The fraction of sp³-hybridized carbons (Fsp3) is 0.429. The predicted octanol–water partition coefficient (Wildman–Crippen LogP) is 7.14. The molecular weight excluding hydrogens is 252 g/mol. The van der Waals surface area contributed by atoms with Crippen molar-refractivity contribution in [2.75, 3.05) is 0 Å². The molecule has 2 aromatic rings. The summed E-state index contributed by atoms with van der Waals surface area (Å²) in [7, 11) is 0. The van der Waals surface area contributed by atoms with Gasteiger partial charge >= 0.3 is 0 Å². The van der Waals surface area contributed by atoms with E-state index in [0.29, 0.717) is 0 Å².